The van der Waals surface area contributed by atoms with Crippen LogP contribution in [0, 0.1) is 5.92 Å². The van der Waals surface area contributed by atoms with Gasteiger partial charge in [-0.25, -0.2) is 0 Å². The molecule has 0 unspecified atom stereocenters. The quantitative estimate of drug-likeness (QED) is 0.858. The number of halogens is 2. The van der Waals surface area contributed by atoms with Crippen LogP contribution in [-0.2, 0) is 0 Å². The first-order chi connectivity index (χ1) is 8.10. The number of benzene rings is 1. The molecule has 1 rings (SSSR count). The highest BCUT2D eigenvalue weighted by atomic mass is 35.5. The largest absolute Gasteiger partial charge is 0.352 e. The van der Waals surface area contributed by atoms with Crippen LogP contribution in [-0.4, -0.2) is 12.5 Å². The van der Waals surface area contributed by atoms with E-state index < -0.39 is 0 Å². The van der Waals surface area contributed by atoms with E-state index in [1.54, 1.807) is 18.2 Å². The fraction of sp³-hybridized carbons (Fsp3) is 0.462. The van der Waals surface area contributed by atoms with Crippen molar-refractivity contribution >= 4 is 29.1 Å². The van der Waals surface area contributed by atoms with Gasteiger partial charge in [-0.3, -0.25) is 4.79 Å². The van der Waals surface area contributed by atoms with Crippen LogP contribution < -0.4 is 5.32 Å². The van der Waals surface area contributed by atoms with Gasteiger partial charge in [0.05, 0.1) is 15.6 Å². The number of hydrogen-bond acceptors (Lipinski definition) is 1. The molecule has 1 aromatic carbocycles. The van der Waals surface area contributed by atoms with E-state index in [9.17, 15) is 4.79 Å². The third kappa shape index (κ3) is 3.90. The number of carbonyl (C=O) groups is 1. The second-order valence-electron chi connectivity index (χ2n) is 3.99. The first-order valence-electron chi connectivity index (χ1n) is 5.82. The smallest absolute Gasteiger partial charge is 0.252 e. The summed E-state index contributed by atoms with van der Waals surface area (Å²) in [7, 11) is 0. The summed E-state index contributed by atoms with van der Waals surface area (Å²) < 4.78 is 0. The Morgan fingerprint density at radius 2 is 1.94 bits per heavy atom. The second kappa shape index (κ2) is 6.87. The van der Waals surface area contributed by atoms with Crippen molar-refractivity contribution in [3.8, 4) is 0 Å². The predicted molar refractivity (Wildman–Crippen MR) is 72.9 cm³/mol. The third-order valence-corrected chi connectivity index (χ3v) is 3.72. The molecule has 0 bridgehead atoms. The lowest BCUT2D eigenvalue weighted by atomic mass is 10.0. The molecule has 0 aliphatic carbocycles. The normalized spacial score (nSPS) is 10.6. The van der Waals surface area contributed by atoms with Gasteiger partial charge in [-0.2, -0.15) is 0 Å². The highest BCUT2D eigenvalue weighted by Crippen LogP contribution is 2.25. The highest BCUT2D eigenvalue weighted by Gasteiger charge is 2.13. The van der Waals surface area contributed by atoms with Crippen LogP contribution in [0.25, 0.3) is 0 Å². The molecule has 0 aliphatic rings. The van der Waals surface area contributed by atoms with Gasteiger partial charge in [-0.05, 0) is 18.1 Å². The fourth-order valence-corrected chi connectivity index (χ4v) is 1.98. The Bertz CT molecular complexity index is 389. The summed E-state index contributed by atoms with van der Waals surface area (Å²) in [5.41, 5.74) is 0.435. The summed E-state index contributed by atoms with van der Waals surface area (Å²) in [6.07, 6.45) is 2.11. The van der Waals surface area contributed by atoms with Gasteiger partial charge in [-0.15, -0.1) is 0 Å². The molecule has 94 valence electrons. The van der Waals surface area contributed by atoms with E-state index in [4.69, 9.17) is 23.2 Å². The molecule has 0 aliphatic heterocycles. The Morgan fingerprint density at radius 3 is 2.53 bits per heavy atom. The molecule has 0 aromatic heterocycles. The van der Waals surface area contributed by atoms with Crippen molar-refractivity contribution in [3.05, 3.63) is 33.8 Å². The molecule has 1 amide bonds. The molecule has 4 heteroatoms. The van der Waals surface area contributed by atoms with Gasteiger partial charge >= 0.3 is 0 Å². The van der Waals surface area contributed by atoms with Crippen LogP contribution in [0.2, 0.25) is 10.0 Å². The molecule has 1 N–H and O–H groups in total. The lowest BCUT2D eigenvalue weighted by molar-refractivity contribution is 0.0946. The molecular formula is C13H17Cl2NO. The average molecular weight is 274 g/mol. The van der Waals surface area contributed by atoms with E-state index in [0.717, 1.165) is 12.8 Å². The monoisotopic (exact) mass is 273 g/mol. The van der Waals surface area contributed by atoms with Crippen LogP contribution in [0.3, 0.4) is 0 Å². The molecule has 0 fully saturated rings. The molecular weight excluding hydrogens is 257 g/mol. The van der Waals surface area contributed by atoms with Crippen LogP contribution in [0.4, 0.5) is 0 Å². The van der Waals surface area contributed by atoms with Crippen LogP contribution in [0.5, 0.6) is 0 Å². The molecule has 0 spiro atoms. The van der Waals surface area contributed by atoms with Gasteiger partial charge in [0.25, 0.3) is 5.91 Å². The van der Waals surface area contributed by atoms with Gasteiger partial charge in [-0.1, -0.05) is 56.0 Å². The lowest BCUT2D eigenvalue weighted by Crippen LogP contribution is -2.29. The molecule has 0 atom stereocenters. The van der Waals surface area contributed by atoms with Gasteiger partial charge in [0.2, 0.25) is 0 Å². The second-order valence-corrected chi connectivity index (χ2v) is 4.78. The Hall–Kier alpha value is -0.730. The molecule has 2 nitrogen and oxygen atoms in total. The van der Waals surface area contributed by atoms with Gasteiger partial charge in [0.1, 0.15) is 0 Å². The van der Waals surface area contributed by atoms with Crippen molar-refractivity contribution in [2.24, 2.45) is 5.92 Å². The summed E-state index contributed by atoms with van der Waals surface area (Å²) in [5.74, 6) is 0.348. The van der Waals surface area contributed by atoms with E-state index >= 15 is 0 Å². The Kier molecular flexibility index (Phi) is 5.79. The van der Waals surface area contributed by atoms with Crippen LogP contribution >= 0.6 is 23.2 Å². The van der Waals surface area contributed by atoms with Gasteiger partial charge in [0, 0.05) is 6.54 Å². The van der Waals surface area contributed by atoms with E-state index in [-0.39, 0.29) is 5.91 Å². The SMILES string of the molecule is CCC(CC)CNC(=O)c1cccc(Cl)c1Cl. The van der Waals surface area contributed by atoms with Crippen molar-refractivity contribution in [1.29, 1.82) is 0 Å². The average Bonchev–Trinajstić information content (AvgIpc) is 2.33. The van der Waals surface area contributed by atoms with Crippen LogP contribution in [0.1, 0.15) is 37.0 Å². The van der Waals surface area contributed by atoms with Gasteiger partial charge in [0.15, 0.2) is 0 Å². The van der Waals surface area contributed by atoms with Crippen molar-refractivity contribution in [1.82, 2.24) is 5.32 Å². The minimum absolute atomic E-state index is 0.163. The molecule has 0 heterocycles. The number of rotatable bonds is 5. The van der Waals surface area contributed by atoms with E-state index in [0.29, 0.717) is 28.1 Å². The minimum Gasteiger partial charge on any atom is -0.352 e. The number of amides is 1. The zero-order valence-electron chi connectivity index (χ0n) is 10.1. The van der Waals surface area contributed by atoms with Crippen molar-refractivity contribution in [2.75, 3.05) is 6.54 Å². The first kappa shape index (κ1) is 14.3. The topological polar surface area (TPSA) is 29.1 Å². The van der Waals surface area contributed by atoms with E-state index in [1.165, 1.54) is 0 Å². The Balaban J connectivity index is 2.67. The summed E-state index contributed by atoms with van der Waals surface area (Å²) >= 11 is 11.8. The maximum atomic E-state index is 11.9. The summed E-state index contributed by atoms with van der Waals surface area (Å²) in [4.78, 5) is 11.9. The minimum atomic E-state index is -0.163. The maximum absolute atomic E-state index is 11.9. The Morgan fingerprint density at radius 1 is 1.29 bits per heavy atom. The summed E-state index contributed by atoms with van der Waals surface area (Å²) in [6.45, 7) is 4.91. The highest BCUT2D eigenvalue weighted by molar-refractivity contribution is 6.43. The third-order valence-electron chi connectivity index (χ3n) is 2.90. The van der Waals surface area contributed by atoms with E-state index in [1.807, 2.05) is 0 Å². The zero-order chi connectivity index (χ0) is 12.8. The zero-order valence-corrected chi connectivity index (χ0v) is 11.6. The summed E-state index contributed by atoms with van der Waals surface area (Å²) in [5, 5.41) is 3.61. The number of carbonyl (C=O) groups excluding carboxylic acids is 1. The van der Waals surface area contributed by atoms with Gasteiger partial charge < -0.3 is 5.32 Å². The Labute approximate surface area is 112 Å². The summed E-state index contributed by atoms with van der Waals surface area (Å²) in [6, 6.07) is 5.07. The molecule has 1 aromatic rings. The van der Waals surface area contributed by atoms with Crippen molar-refractivity contribution in [2.45, 2.75) is 26.7 Å². The molecule has 0 radical (unpaired) electrons. The molecule has 0 saturated carbocycles. The maximum Gasteiger partial charge on any atom is 0.252 e. The molecule has 0 saturated heterocycles. The number of hydrogen-bond donors (Lipinski definition) is 1. The molecule has 17 heavy (non-hydrogen) atoms. The standard InChI is InChI=1S/C13H17Cl2NO/c1-3-9(4-2)8-16-13(17)10-6-5-7-11(14)12(10)15/h5-7,9H,3-4,8H2,1-2H3,(H,16,17). The fourth-order valence-electron chi connectivity index (χ4n) is 1.59. The van der Waals surface area contributed by atoms with Crippen molar-refractivity contribution < 1.29 is 4.79 Å². The van der Waals surface area contributed by atoms with E-state index in [2.05, 4.69) is 19.2 Å². The number of nitrogens with one attached hydrogen (secondary N) is 1. The van der Waals surface area contributed by atoms with Crippen LogP contribution in [0.15, 0.2) is 18.2 Å². The lowest BCUT2D eigenvalue weighted by Gasteiger charge is -2.13. The van der Waals surface area contributed by atoms with Crippen molar-refractivity contribution in [3.63, 3.8) is 0 Å². The predicted octanol–water partition coefficient (Wildman–Crippen LogP) is 4.16. The first-order valence-corrected chi connectivity index (χ1v) is 6.57.